The second kappa shape index (κ2) is 42.0. The van der Waals surface area contributed by atoms with Gasteiger partial charge < -0.3 is 47.2 Å². The topological polar surface area (TPSA) is 114 Å². The molecule has 0 aliphatic heterocycles. The molecule has 0 radical (unpaired) electrons. The Kier molecular flexibility index (Phi) is 39.5. The third-order valence-corrected chi connectivity index (χ3v) is 31.4. The Bertz CT molecular complexity index is 2780. The van der Waals surface area contributed by atoms with Gasteiger partial charge in [-0.25, -0.2) is 22.0 Å². The van der Waals surface area contributed by atoms with Crippen LogP contribution in [-0.2, 0) is 0 Å². The van der Waals surface area contributed by atoms with Crippen LogP contribution in [0.4, 0.5) is 22.0 Å². The first kappa shape index (κ1) is 82.7. The van der Waals surface area contributed by atoms with E-state index in [9.17, 15) is 22.0 Å². The molecule has 0 fully saturated rings. The number of ether oxygens (including phenoxy) is 5. The molecule has 0 aliphatic carbocycles. The maximum Gasteiger partial charge on any atom is 0.251 e. The number of halogens is 13. The Morgan fingerprint density at radius 1 is 0.295 bits per heavy atom. The molecule has 5 aromatic rings. The molecule has 5 rings (SSSR count). The van der Waals surface area contributed by atoms with E-state index < -0.39 is 54.0 Å². The van der Waals surface area contributed by atoms with Crippen LogP contribution in [0.3, 0.4) is 0 Å². The van der Waals surface area contributed by atoms with E-state index in [0.29, 0.717) is 22.3 Å². The summed E-state index contributed by atoms with van der Waals surface area (Å²) in [6, 6.07) is 18.7. The number of aromatic hydroxyl groups is 2. The Balaban J connectivity index is 0.000000564. The number of rotatable bonds is 29. The number of phenolic OH excluding ortho intramolecular Hbond substituents is 2. The van der Waals surface area contributed by atoms with Gasteiger partial charge >= 0.3 is 0 Å². The van der Waals surface area contributed by atoms with Crippen LogP contribution in [0.2, 0.25) is 94.6 Å². The van der Waals surface area contributed by atoms with E-state index in [1.807, 2.05) is 0 Å². The van der Waals surface area contributed by atoms with Crippen molar-refractivity contribution in [2.75, 3.05) is 35.5 Å². The quantitative estimate of drug-likeness (QED) is 0.0273. The fraction of sp³-hybridized carbons (Fsp3) is 0.516. The molecule has 0 spiro atoms. The first-order valence-corrected chi connectivity index (χ1v) is 39.9. The Labute approximate surface area is 562 Å². The van der Waals surface area contributed by atoms with Gasteiger partial charge in [-0.1, -0.05) is 213 Å². The van der Waals surface area contributed by atoms with Crippen molar-refractivity contribution in [2.45, 2.75) is 174 Å². The molecule has 0 amide bonds. The van der Waals surface area contributed by atoms with Crippen LogP contribution >= 0.6 is 92.8 Å². The lowest BCUT2D eigenvalue weighted by Crippen LogP contribution is -2.41. The minimum atomic E-state index is -1.96. The van der Waals surface area contributed by atoms with Crippen molar-refractivity contribution in [3.05, 3.63) is 112 Å². The summed E-state index contributed by atoms with van der Waals surface area (Å²) in [7, 11) is 1.02. The number of methoxy groups -OCH3 is 5. The summed E-state index contributed by atoms with van der Waals surface area (Å²) in [5.41, 5.74) is 0. The molecule has 0 atom stereocenters. The molecule has 10 nitrogen and oxygen atoms in total. The molecule has 88 heavy (non-hydrogen) atoms. The lowest BCUT2D eigenvalue weighted by atomic mass is 10.3. The van der Waals surface area contributed by atoms with Gasteiger partial charge in [0.25, 0.3) is 25.0 Å². The number of hydrogen-bond acceptors (Lipinski definition) is 10. The summed E-state index contributed by atoms with van der Waals surface area (Å²) in [6.45, 7) is 19.5. The number of benzene rings is 5. The van der Waals surface area contributed by atoms with Gasteiger partial charge in [-0.05, 0) is 60.5 Å². The first-order valence-electron chi connectivity index (χ1n) is 29.3. The van der Waals surface area contributed by atoms with E-state index in [0.717, 1.165) is 130 Å². The molecule has 0 aromatic heterocycles. The highest BCUT2D eigenvalue weighted by Crippen LogP contribution is 2.45. The van der Waals surface area contributed by atoms with Crippen molar-refractivity contribution in [2.24, 2.45) is 0 Å². The van der Waals surface area contributed by atoms with E-state index >= 15 is 0 Å². The van der Waals surface area contributed by atoms with Gasteiger partial charge in [-0.2, -0.15) is 0 Å². The van der Waals surface area contributed by atoms with E-state index in [1.54, 1.807) is 6.07 Å². The molecule has 0 bridgehead atoms. The molecular weight excluding hydrogens is 1370 g/mol. The second-order valence-corrected chi connectivity index (χ2v) is 35.8. The largest absolute Gasteiger partial charge is 0.542 e. The highest BCUT2D eigenvalue weighted by molar-refractivity contribution is 6.75. The minimum Gasteiger partial charge on any atom is -0.542 e. The standard InChI is InChI=1S/2C16H25Cl2FO2Si.C16H26ClFO2Si.C7H5Cl2FO2.C7H6ClFO2/c2*1-5-8-22(9-6-2,10-7-3)21-12-11-13(20-4)16(19)15(18)14(12)17;1-5-8-21(9-6-2,10-7-3)20-15-12-16(19-4)14(18)11-13(15)17;1-12-4-2-3(11)5(8)6(9)7(4)10;1-11-7-3-6(10)4(8)2-5(7)9/h2*11H,5-10H2,1-4H3;11-12H,5-10H2,1-4H3;2,11H,1H3;2-3,10H,1H3. The van der Waals surface area contributed by atoms with Crippen molar-refractivity contribution in [1.82, 2.24) is 0 Å². The average molecular weight is 1460 g/mol. The smallest absolute Gasteiger partial charge is 0.251 e. The van der Waals surface area contributed by atoms with Crippen molar-refractivity contribution < 1.29 is 69.1 Å². The minimum absolute atomic E-state index is 0.0214. The van der Waals surface area contributed by atoms with Gasteiger partial charge in [-0.15, -0.1) is 0 Å². The van der Waals surface area contributed by atoms with Gasteiger partial charge in [0.2, 0.25) is 0 Å². The van der Waals surface area contributed by atoms with Crippen molar-refractivity contribution in [3.63, 3.8) is 0 Å². The molecule has 2 N–H and O–H groups in total. The lowest BCUT2D eigenvalue weighted by molar-refractivity contribution is 0.380. The highest BCUT2D eigenvalue weighted by Gasteiger charge is 2.38. The summed E-state index contributed by atoms with van der Waals surface area (Å²) in [5, 5.41) is 17.8. The summed E-state index contributed by atoms with van der Waals surface area (Å²) < 4.78 is 111. The molecular formula is C62H87Cl8F5O10Si3. The Morgan fingerprint density at radius 3 is 0.830 bits per heavy atom. The zero-order chi connectivity index (χ0) is 67.1. The molecule has 0 saturated carbocycles. The molecule has 498 valence electrons. The molecule has 0 heterocycles. The van der Waals surface area contributed by atoms with Crippen molar-refractivity contribution in [3.8, 4) is 57.5 Å². The summed E-state index contributed by atoms with van der Waals surface area (Å²) in [6.07, 6.45) is 9.69. The predicted molar refractivity (Wildman–Crippen MR) is 363 cm³/mol. The van der Waals surface area contributed by atoms with Gasteiger partial charge in [0.15, 0.2) is 57.8 Å². The van der Waals surface area contributed by atoms with Crippen LogP contribution in [0.5, 0.6) is 57.5 Å². The van der Waals surface area contributed by atoms with E-state index in [-0.39, 0.29) is 75.4 Å². The maximum atomic E-state index is 13.9. The third-order valence-electron chi connectivity index (χ3n) is 13.7. The maximum absolute atomic E-state index is 13.9. The molecule has 5 aromatic carbocycles. The van der Waals surface area contributed by atoms with Crippen LogP contribution in [0.1, 0.15) is 120 Å². The molecule has 0 unspecified atom stereocenters. The Hall–Kier alpha value is -3.28. The number of hydrogen-bond donors (Lipinski definition) is 2. The summed E-state index contributed by atoms with van der Waals surface area (Å²) in [4.78, 5) is 0. The van der Waals surface area contributed by atoms with Crippen LogP contribution in [0, 0.1) is 29.1 Å². The molecule has 26 heteroatoms. The third kappa shape index (κ3) is 24.6. The summed E-state index contributed by atoms with van der Waals surface area (Å²) >= 11 is 46.8. The fourth-order valence-corrected chi connectivity index (χ4v) is 24.9. The van der Waals surface area contributed by atoms with Gasteiger partial charge in [-0.3, -0.25) is 0 Å². The first-order chi connectivity index (χ1) is 41.6. The zero-order valence-electron chi connectivity index (χ0n) is 52.8. The zero-order valence-corrected chi connectivity index (χ0v) is 61.9. The van der Waals surface area contributed by atoms with Crippen LogP contribution in [0.25, 0.3) is 0 Å². The second-order valence-electron chi connectivity index (χ2n) is 20.5. The van der Waals surface area contributed by atoms with E-state index in [1.165, 1.54) is 53.7 Å². The SMILES string of the molecule is CCC[Si](CCC)(CCC)Oc1cc(OC)c(F)c(Cl)c1Cl.CCC[Si](CCC)(CCC)Oc1cc(OC)c(F)c(Cl)c1Cl.CCC[Si](CCC)(CCC)Oc1cc(OC)c(F)cc1Cl.COc1cc(O)c(Cl)c(Cl)c1F.COc1cc(O)c(Cl)cc1F. The van der Waals surface area contributed by atoms with Crippen LogP contribution in [0.15, 0.2) is 42.5 Å². The van der Waals surface area contributed by atoms with Gasteiger partial charge in [0, 0.05) is 36.4 Å². The monoisotopic (exact) mass is 1450 g/mol. The molecule has 0 aliphatic rings. The van der Waals surface area contributed by atoms with E-state index in [2.05, 4.69) is 71.8 Å². The van der Waals surface area contributed by atoms with Crippen molar-refractivity contribution >= 4 is 118 Å². The highest BCUT2D eigenvalue weighted by atomic mass is 35.5. The summed E-state index contributed by atoms with van der Waals surface area (Å²) in [5.74, 6) is -1.98. The van der Waals surface area contributed by atoms with Gasteiger partial charge in [0.05, 0.1) is 45.6 Å². The van der Waals surface area contributed by atoms with Crippen LogP contribution < -0.4 is 37.0 Å². The molecule has 0 saturated heterocycles. The van der Waals surface area contributed by atoms with Crippen molar-refractivity contribution in [1.29, 1.82) is 0 Å². The normalized spacial score (nSPS) is 11.1. The number of phenols is 2. The Morgan fingerprint density at radius 2 is 0.534 bits per heavy atom. The van der Waals surface area contributed by atoms with Gasteiger partial charge in [0.1, 0.15) is 58.9 Å². The predicted octanol–water partition coefficient (Wildman–Crippen LogP) is 24.5. The average Bonchev–Trinajstić information content (AvgIpc) is 3.66. The lowest BCUT2D eigenvalue weighted by Gasteiger charge is -2.32. The van der Waals surface area contributed by atoms with Crippen LogP contribution in [-0.4, -0.2) is 70.7 Å². The van der Waals surface area contributed by atoms with E-state index in [4.69, 9.17) is 131 Å². The fourth-order valence-electron chi connectivity index (χ4n) is 10.1.